The molecule has 0 saturated heterocycles. The van der Waals surface area contributed by atoms with E-state index in [1.54, 1.807) is 0 Å². The lowest BCUT2D eigenvalue weighted by Gasteiger charge is -1.92. The number of rotatable bonds is 16. The zero-order chi connectivity index (χ0) is 19.3. The molecule has 0 radical (unpaired) electrons. The van der Waals surface area contributed by atoms with E-state index in [1.165, 1.54) is 25.7 Å². The Morgan fingerprint density at radius 1 is 0.769 bits per heavy atom. The van der Waals surface area contributed by atoms with Gasteiger partial charge in [0.05, 0.1) is 0 Å². The molecule has 0 unspecified atom stereocenters. The molecule has 0 amide bonds. The fourth-order valence-corrected chi connectivity index (χ4v) is 2.19. The quantitative estimate of drug-likeness (QED) is 0.0905. The number of ketones is 2. The van der Waals surface area contributed by atoms with Gasteiger partial charge in [-0.25, -0.2) is 0 Å². The van der Waals surface area contributed by atoms with Crippen LogP contribution < -0.4 is 0 Å². The van der Waals surface area contributed by atoms with E-state index in [0.717, 1.165) is 25.7 Å². The molecule has 0 aliphatic heterocycles. The molecular weight excluding hydrogens is 324 g/mol. The number of hydrogen-bond acceptors (Lipinski definition) is 2. The van der Waals surface area contributed by atoms with Crippen molar-refractivity contribution >= 4 is 17.8 Å². The Morgan fingerprint density at radius 2 is 1.27 bits per heavy atom. The second kappa shape index (κ2) is 19.0. The van der Waals surface area contributed by atoms with Crippen LogP contribution in [0.5, 0.6) is 0 Å². The van der Waals surface area contributed by atoms with Gasteiger partial charge >= 0.3 is 12.0 Å². The third kappa shape index (κ3) is 16.5. The van der Waals surface area contributed by atoms with Gasteiger partial charge in [-0.2, -0.15) is 4.79 Å². The molecule has 26 heavy (non-hydrogen) atoms. The van der Waals surface area contributed by atoms with Crippen LogP contribution in [0.25, 0.3) is 5.53 Å². The number of carbonyl (C=O) groups excluding carboxylic acids is 2. The maximum Gasteiger partial charge on any atom is 0.331 e. The van der Waals surface area contributed by atoms with E-state index in [-0.39, 0.29) is 6.42 Å². The van der Waals surface area contributed by atoms with Crippen LogP contribution in [-0.4, -0.2) is 22.6 Å². The van der Waals surface area contributed by atoms with Crippen molar-refractivity contribution in [2.75, 3.05) is 0 Å². The minimum atomic E-state index is -0.751. The van der Waals surface area contributed by atoms with E-state index in [4.69, 9.17) is 5.53 Å². The number of carbonyl (C=O) groups is 2. The molecule has 0 saturated carbocycles. The highest BCUT2D eigenvalue weighted by molar-refractivity contribution is 6.57. The average molecular weight is 357 g/mol. The molecule has 0 aromatic carbocycles. The van der Waals surface area contributed by atoms with E-state index in [9.17, 15) is 9.59 Å². The predicted molar refractivity (Wildman–Crippen MR) is 108 cm³/mol. The molecule has 0 N–H and O–H groups in total. The molecule has 0 aliphatic carbocycles. The summed E-state index contributed by atoms with van der Waals surface area (Å²) in [7, 11) is 0. The summed E-state index contributed by atoms with van der Waals surface area (Å²) < 4.78 is 0. The lowest BCUT2D eigenvalue weighted by atomic mass is 10.1. The smallest absolute Gasteiger partial charge is 0.331 e. The van der Waals surface area contributed by atoms with Crippen molar-refractivity contribution in [1.82, 2.24) is 0 Å². The third-order valence-corrected chi connectivity index (χ3v) is 3.68. The first-order valence-corrected chi connectivity index (χ1v) is 9.57. The van der Waals surface area contributed by atoms with Crippen molar-refractivity contribution in [3.05, 3.63) is 54.1 Å². The predicted octanol–water partition coefficient (Wildman–Crippen LogP) is 5.57. The Hall–Kier alpha value is -2.32. The highest BCUT2D eigenvalue weighted by Crippen LogP contribution is 2.01. The minimum absolute atomic E-state index is 0.183. The summed E-state index contributed by atoms with van der Waals surface area (Å²) in [4.78, 5) is 24.9. The van der Waals surface area contributed by atoms with Crippen LogP contribution in [0.2, 0.25) is 0 Å². The standard InChI is InChI=1S/C22H32N2O2/c1-2-3-4-5-6-7-8-9-10-11-12-13-14-15-16-17-18-19-21(25)22(26)20-24-23/h6-7,9-10,12-13,15-16,20H,2-5,8,11,14,17-19H2,1H3/b7-6-,10-9-,13-12-,16-15-. The molecule has 0 atom stereocenters. The molecule has 4 heteroatoms. The lowest BCUT2D eigenvalue weighted by molar-refractivity contribution is -0.134. The molecule has 0 rings (SSSR count). The third-order valence-electron chi connectivity index (χ3n) is 3.68. The van der Waals surface area contributed by atoms with Crippen molar-refractivity contribution in [2.24, 2.45) is 0 Å². The maximum atomic E-state index is 11.3. The first-order chi connectivity index (χ1) is 12.7. The monoisotopic (exact) mass is 356 g/mol. The van der Waals surface area contributed by atoms with Crippen LogP contribution in [-0.2, 0) is 9.59 Å². The van der Waals surface area contributed by atoms with Crippen molar-refractivity contribution in [3.8, 4) is 0 Å². The van der Waals surface area contributed by atoms with Gasteiger partial charge in [0, 0.05) is 6.42 Å². The van der Waals surface area contributed by atoms with Gasteiger partial charge in [-0.1, -0.05) is 68.4 Å². The first-order valence-electron chi connectivity index (χ1n) is 9.57. The SMILES string of the molecule is CCCCC/C=C\C/C=C\C/C=C\C/C=C\CCCC(=O)C(=O)C=[N+]=[N-]. The number of allylic oxidation sites excluding steroid dienone is 8. The van der Waals surface area contributed by atoms with E-state index in [1.807, 2.05) is 6.08 Å². The molecule has 4 nitrogen and oxygen atoms in total. The van der Waals surface area contributed by atoms with Crippen molar-refractivity contribution in [3.63, 3.8) is 0 Å². The fraction of sp³-hybridized carbons (Fsp3) is 0.500. The Kier molecular flexibility index (Phi) is 17.3. The summed E-state index contributed by atoms with van der Waals surface area (Å²) in [6.45, 7) is 2.22. The van der Waals surface area contributed by atoms with Gasteiger partial charge in [0.25, 0.3) is 0 Å². The molecule has 0 aliphatic rings. The fourth-order valence-electron chi connectivity index (χ4n) is 2.19. The Balaban J connectivity index is 3.58. The number of Topliss-reactive ketones (excluding diaryl/α,β-unsaturated/α-hetero) is 2. The maximum absolute atomic E-state index is 11.3. The summed E-state index contributed by atoms with van der Waals surface area (Å²) in [5.41, 5.74) is 8.18. The molecule has 0 bridgehead atoms. The van der Waals surface area contributed by atoms with Crippen LogP contribution in [0, 0.1) is 0 Å². The summed E-state index contributed by atoms with van der Waals surface area (Å²) in [6.07, 6.45) is 27.3. The van der Waals surface area contributed by atoms with E-state index in [2.05, 4.69) is 54.2 Å². The van der Waals surface area contributed by atoms with E-state index < -0.39 is 11.6 Å². The Labute approximate surface area is 158 Å². The molecule has 142 valence electrons. The van der Waals surface area contributed by atoms with Gasteiger partial charge in [-0.05, 0) is 44.9 Å². The summed E-state index contributed by atoms with van der Waals surface area (Å²) in [5, 5.41) is 0. The summed E-state index contributed by atoms with van der Waals surface area (Å²) >= 11 is 0. The molecule has 0 aromatic heterocycles. The lowest BCUT2D eigenvalue weighted by Crippen LogP contribution is -2.14. The Morgan fingerprint density at radius 3 is 1.77 bits per heavy atom. The summed E-state index contributed by atoms with van der Waals surface area (Å²) in [6, 6.07) is 0. The van der Waals surface area contributed by atoms with Crippen LogP contribution in [0.4, 0.5) is 0 Å². The average Bonchev–Trinajstić information content (AvgIpc) is 2.64. The molecule has 0 aromatic rings. The van der Waals surface area contributed by atoms with Gasteiger partial charge in [0.15, 0.2) is 0 Å². The Bertz CT molecular complexity index is 550. The zero-order valence-corrected chi connectivity index (χ0v) is 16.0. The van der Waals surface area contributed by atoms with E-state index >= 15 is 0 Å². The zero-order valence-electron chi connectivity index (χ0n) is 16.0. The summed E-state index contributed by atoms with van der Waals surface area (Å²) in [5.74, 6) is -1.27. The molecule has 0 fully saturated rings. The molecule has 0 heterocycles. The number of hydrogen-bond donors (Lipinski definition) is 0. The normalized spacial score (nSPS) is 11.7. The highest BCUT2D eigenvalue weighted by atomic mass is 16.2. The number of unbranched alkanes of at least 4 members (excludes halogenated alkanes) is 4. The number of nitrogens with zero attached hydrogens (tertiary/aromatic N) is 2. The topological polar surface area (TPSA) is 70.5 Å². The van der Waals surface area contributed by atoms with Crippen LogP contribution >= 0.6 is 0 Å². The van der Waals surface area contributed by atoms with Gasteiger partial charge in [0.2, 0.25) is 5.78 Å². The molecular formula is C22H32N2O2. The molecule has 0 spiro atoms. The largest absolute Gasteiger partial charge is 0.361 e. The first kappa shape index (κ1) is 23.7. The van der Waals surface area contributed by atoms with Gasteiger partial charge in [-0.15, -0.1) is 0 Å². The van der Waals surface area contributed by atoms with Crippen LogP contribution in [0.15, 0.2) is 48.6 Å². The second-order valence-electron chi connectivity index (χ2n) is 6.01. The van der Waals surface area contributed by atoms with Crippen molar-refractivity contribution in [1.29, 1.82) is 0 Å². The highest BCUT2D eigenvalue weighted by Gasteiger charge is 2.13. The van der Waals surface area contributed by atoms with Gasteiger partial charge < -0.3 is 5.53 Å². The van der Waals surface area contributed by atoms with Gasteiger partial charge in [0.1, 0.15) is 0 Å². The minimum Gasteiger partial charge on any atom is -0.361 e. The van der Waals surface area contributed by atoms with E-state index in [0.29, 0.717) is 12.6 Å². The second-order valence-corrected chi connectivity index (χ2v) is 6.01. The van der Waals surface area contributed by atoms with Crippen molar-refractivity contribution in [2.45, 2.75) is 71.1 Å². The van der Waals surface area contributed by atoms with Crippen LogP contribution in [0.3, 0.4) is 0 Å². The van der Waals surface area contributed by atoms with Gasteiger partial charge in [-0.3, -0.25) is 9.59 Å². The van der Waals surface area contributed by atoms with Crippen molar-refractivity contribution < 1.29 is 14.4 Å². The van der Waals surface area contributed by atoms with Crippen LogP contribution in [0.1, 0.15) is 71.1 Å².